The number of carboxylic acids is 3. The maximum absolute atomic E-state index is 12.5. The highest BCUT2D eigenvalue weighted by Gasteiger charge is 2.40. The number of ether oxygens (including phenoxy) is 3. The molecule has 16 nitrogen and oxygen atoms in total. The molecule has 41 heavy (non-hydrogen) atoms. The van der Waals surface area contributed by atoms with Crippen LogP contribution >= 0.6 is 0 Å². The van der Waals surface area contributed by atoms with Crippen LogP contribution in [0.2, 0.25) is 0 Å². The summed E-state index contributed by atoms with van der Waals surface area (Å²) in [6.07, 6.45) is -0.797. The Labute approximate surface area is 234 Å². The zero-order valence-electron chi connectivity index (χ0n) is 22.6. The third-order valence-corrected chi connectivity index (χ3v) is 6.58. The van der Waals surface area contributed by atoms with E-state index in [1.54, 1.807) is 26.4 Å². The zero-order valence-corrected chi connectivity index (χ0v) is 22.6. The minimum Gasteiger partial charge on any atom is -0.493 e. The van der Waals surface area contributed by atoms with Crippen LogP contribution in [-0.2, 0) is 23.9 Å². The average molecular weight is 580 g/mol. The predicted molar refractivity (Wildman–Crippen MR) is 142 cm³/mol. The van der Waals surface area contributed by atoms with Gasteiger partial charge in [0.15, 0.2) is 17.1 Å². The first kappa shape index (κ1) is 31.1. The highest BCUT2D eigenvalue weighted by molar-refractivity contribution is 5.92. The number of carbonyl (C=O) groups excluding carboxylic acids is 1. The third-order valence-electron chi connectivity index (χ3n) is 6.58. The van der Waals surface area contributed by atoms with Crippen molar-refractivity contribution in [2.75, 3.05) is 57.6 Å². The Kier molecular flexibility index (Phi) is 10.1. The van der Waals surface area contributed by atoms with E-state index in [0.29, 0.717) is 67.0 Å². The van der Waals surface area contributed by atoms with Crippen LogP contribution in [0.5, 0.6) is 11.5 Å². The lowest BCUT2D eigenvalue weighted by Crippen LogP contribution is -2.51. The van der Waals surface area contributed by atoms with Crippen LogP contribution in [0.1, 0.15) is 25.7 Å². The summed E-state index contributed by atoms with van der Waals surface area (Å²) in [7, 11) is 3.16. The third kappa shape index (κ3) is 7.61. The number of fused-ring (bicyclic) bond motifs is 1. The molecule has 1 amide bonds. The Balaban J connectivity index is 0.000000302. The van der Waals surface area contributed by atoms with Crippen LogP contribution in [-0.4, -0.2) is 118 Å². The van der Waals surface area contributed by atoms with E-state index in [1.807, 2.05) is 9.80 Å². The molecule has 2 aliphatic rings. The van der Waals surface area contributed by atoms with Crippen LogP contribution in [0.3, 0.4) is 0 Å². The molecule has 0 aliphatic carbocycles. The molecule has 4 rings (SSSR count). The van der Waals surface area contributed by atoms with E-state index in [2.05, 4.69) is 9.97 Å². The second kappa shape index (κ2) is 13.3. The van der Waals surface area contributed by atoms with Gasteiger partial charge in [0.1, 0.15) is 11.9 Å². The molecule has 1 unspecified atom stereocenters. The van der Waals surface area contributed by atoms with E-state index in [0.717, 1.165) is 12.8 Å². The fraction of sp³-hybridized carbons (Fsp3) is 0.520. The first-order valence-corrected chi connectivity index (χ1v) is 12.6. The van der Waals surface area contributed by atoms with Gasteiger partial charge in [0.25, 0.3) is 5.91 Å². The van der Waals surface area contributed by atoms with Crippen molar-refractivity contribution < 1.29 is 53.8 Å². The lowest BCUT2D eigenvalue weighted by atomic mass is 9.96. The highest BCUT2D eigenvalue weighted by atomic mass is 16.5. The number of carbonyl (C=O) groups is 4. The number of benzene rings is 1. The van der Waals surface area contributed by atoms with Gasteiger partial charge in [0.2, 0.25) is 5.95 Å². The summed E-state index contributed by atoms with van der Waals surface area (Å²) in [5.41, 5.74) is 4.14. The lowest BCUT2D eigenvalue weighted by Gasteiger charge is -2.35. The number of hydrogen-bond donors (Lipinski definition) is 5. The van der Waals surface area contributed by atoms with Gasteiger partial charge in [-0.25, -0.2) is 9.78 Å². The summed E-state index contributed by atoms with van der Waals surface area (Å²) in [4.78, 5) is 56.0. The fourth-order valence-corrected chi connectivity index (χ4v) is 4.42. The van der Waals surface area contributed by atoms with Crippen molar-refractivity contribution in [1.82, 2.24) is 14.9 Å². The Morgan fingerprint density at radius 3 is 2.07 bits per heavy atom. The first-order chi connectivity index (χ1) is 19.4. The molecular formula is C25H33N5O11. The SMILES string of the molecule is COc1cc2nc(N3CCN(C(=O)C4CCCO4)CC3)nc(N)c2cc1OC.O=C(O)CC(O)(CC(=O)O)C(=O)O. The second-order valence-electron chi connectivity index (χ2n) is 9.42. The van der Waals surface area contributed by atoms with Crippen molar-refractivity contribution in [3.8, 4) is 11.5 Å². The smallest absolute Gasteiger partial charge is 0.336 e. The zero-order chi connectivity index (χ0) is 30.3. The topological polar surface area (TPSA) is 235 Å². The van der Waals surface area contributed by atoms with Gasteiger partial charge in [-0.15, -0.1) is 0 Å². The fourth-order valence-electron chi connectivity index (χ4n) is 4.42. The van der Waals surface area contributed by atoms with Gasteiger partial charge < -0.3 is 50.2 Å². The molecule has 2 saturated heterocycles. The van der Waals surface area contributed by atoms with Crippen molar-refractivity contribution >= 4 is 46.5 Å². The van der Waals surface area contributed by atoms with Crippen LogP contribution in [0.4, 0.5) is 11.8 Å². The number of rotatable bonds is 9. The Morgan fingerprint density at radius 2 is 1.59 bits per heavy atom. The molecule has 0 saturated carbocycles. The molecule has 0 bridgehead atoms. The minimum absolute atomic E-state index is 0.0907. The highest BCUT2D eigenvalue weighted by Crippen LogP contribution is 2.34. The number of nitrogen functional groups attached to an aromatic ring is 1. The summed E-state index contributed by atoms with van der Waals surface area (Å²) < 4.78 is 16.2. The minimum atomic E-state index is -2.74. The largest absolute Gasteiger partial charge is 0.493 e. The van der Waals surface area contributed by atoms with E-state index in [4.69, 9.17) is 40.4 Å². The van der Waals surface area contributed by atoms with Gasteiger partial charge >= 0.3 is 17.9 Å². The van der Waals surface area contributed by atoms with Gasteiger partial charge in [-0.3, -0.25) is 14.4 Å². The number of anilines is 2. The van der Waals surface area contributed by atoms with E-state index in [1.165, 1.54) is 0 Å². The van der Waals surface area contributed by atoms with Gasteiger partial charge in [-0.2, -0.15) is 4.98 Å². The van der Waals surface area contributed by atoms with Crippen molar-refractivity contribution in [2.24, 2.45) is 0 Å². The van der Waals surface area contributed by atoms with E-state index >= 15 is 0 Å². The molecular weight excluding hydrogens is 546 g/mol. The van der Waals surface area contributed by atoms with Crippen molar-refractivity contribution in [3.63, 3.8) is 0 Å². The number of carboxylic acid groups (broad SMARTS) is 3. The maximum atomic E-state index is 12.5. The van der Waals surface area contributed by atoms with Crippen molar-refractivity contribution in [1.29, 1.82) is 0 Å². The molecule has 1 aromatic carbocycles. The number of nitrogens with zero attached hydrogens (tertiary/aromatic N) is 4. The van der Waals surface area contributed by atoms with E-state index < -0.39 is 36.4 Å². The first-order valence-electron chi connectivity index (χ1n) is 12.6. The van der Waals surface area contributed by atoms with Crippen LogP contribution in [0.15, 0.2) is 12.1 Å². The Hall–Kier alpha value is -4.44. The van der Waals surface area contributed by atoms with Gasteiger partial charge in [0.05, 0.1) is 32.6 Å². The number of nitrogens with two attached hydrogens (primary N) is 1. The van der Waals surface area contributed by atoms with E-state index in [-0.39, 0.29) is 12.0 Å². The molecule has 16 heteroatoms. The van der Waals surface area contributed by atoms with Gasteiger partial charge in [-0.05, 0) is 18.9 Å². The molecule has 2 aromatic rings. The Morgan fingerprint density at radius 1 is 1.00 bits per heavy atom. The molecule has 1 atom stereocenters. The van der Waals surface area contributed by atoms with Crippen LogP contribution < -0.4 is 20.1 Å². The number of hydrogen-bond acceptors (Lipinski definition) is 12. The molecule has 6 N–H and O–H groups in total. The normalized spacial score (nSPS) is 17.0. The molecule has 2 fully saturated rings. The molecule has 0 spiro atoms. The summed E-state index contributed by atoms with van der Waals surface area (Å²) in [5.74, 6) is -2.81. The lowest BCUT2D eigenvalue weighted by molar-refractivity contribution is -0.170. The van der Waals surface area contributed by atoms with Gasteiger partial charge in [0, 0.05) is 44.2 Å². The monoisotopic (exact) mass is 579 g/mol. The number of aliphatic hydroxyl groups is 1. The summed E-state index contributed by atoms with van der Waals surface area (Å²) in [6, 6.07) is 3.58. The van der Waals surface area contributed by atoms with Crippen molar-refractivity contribution in [3.05, 3.63) is 12.1 Å². The second-order valence-corrected chi connectivity index (χ2v) is 9.42. The summed E-state index contributed by atoms with van der Waals surface area (Å²) >= 11 is 0. The Bertz CT molecular complexity index is 1270. The summed E-state index contributed by atoms with van der Waals surface area (Å²) in [6.45, 7) is 3.21. The standard InChI is InChI=1S/C19H25N5O4.C6H8O7/c1-26-15-10-12-13(11-16(15)27-2)21-19(22-17(12)20)24-7-5-23(6-8-24)18(25)14-4-3-9-28-14;7-3(8)1-6(13,5(11)12)2-4(9)10/h10-11,14H,3-9H2,1-2H3,(H2,20,21,22);13H,1-2H2,(H,7,8)(H,9,10)(H,11,12). The predicted octanol–water partition coefficient (Wildman–Crippen LogP) is -0.192. The average Bonchev–Trinajstić information content (AvgIpc) is 3.46. The molecule has 1 aromatic heterocycles. The number of aromatic nitrogens is 2. The number of aliphatic carboxylic acids is 3. The molecule has 3 heterocycles. The van der Waals surface area contributed by atoms with Gasteiger partial charge in [-0.1, -0.05) is 0 Å². The molecule has 224 valence electrons. The van der Waals surface area contributed by atoms with Crippen LogP contribution in [0.25, 0.3) is 10.9 Å². The molecule has 0 radical (unpaired) electrons. The summed E-state index contributed by atoms with van der Waals surface area (Å²) in [5, 5.41) is 34.5. The van der Waals surface area contributed by atoms with E-state index in [9.17, 15) is 19.2 Å². The molecule has 2 aliphatic heterocycles. The number of amides is 1. The number of methoxy groups -OCH3 is 2. The quantitative estimate of drug-likeness (QED) is 0.259. The number of piperazine rings is 1. The maximum Gasteiger partial charge on any atom is 0.336 e. The van der Waals surface area contributed by atoms with Crippen molar-refractivity contribution in [2.45, 2.75) is 37.4 Å². The van der Waals surface area contributed by atoms with Crippen LogP contribution in [0, 0.1) is 0 Å².